The summed E-state index contributed by atoms with van der Waals surface area (Å²) in [6, 6.07) is 17.2. The smallest absolute Gasteiger partial charge is 0.493 e. The third kappa shape index (κ3) is 17.7. The third-order valence-corrected chi connectivity index (χ3v) is 13.5. The molecule has 4 aliphatic heterocycles. The summed E-state index contributed by atoms with van der Waals surface area (Å²) in [5.74, 6) is 1.51. The van der Waals surface area contributed by atoms with Gasteiger partial charge in [0.05, 0.1) is 109 Å². The first-order chi connectivity index (χ1) is 40.6. The molecule has 30 nitrogen and oxygen atoms in total. The largest absolute Gasteiger partial charge is 0.509 e. The van der Waals surface area contributed by atoms with E-state index in [1.165, 1.54) is 71.6 Å². The SMILES string of the molecule is CC1CC(OC(=O)OC(C)c2cc3c(cc2[N+](=O)[O-])OCO3)C(CO)O1.COc1cc(C(C)OC(=O)OC2CC(C)OC2CO)c([N+](=O)[O-])cc1OCc1ccccc1.COc1cc(COC(=O)OC2CC(C)OC2CO)c([N+](=O)[O-])cc1OC. The summed E-state index contributed by atoms with van der Waals surface area (Å²) >= 11 is 0. The Hall–Kier alpha value is -8.55. The molecule has 8 rings (SSSR count). The Bertz CT molecular complexity index is 2950. The number of carbonyl (C=O) groups excluding carboxylic acids is 3. The van der Waals surface area contributed by atoms with Crippen LogP contribution >= 0.6 is 0 Å². The molecular weight excluding hydrogens is 1130 g/mol. The van der Waals surface area contributed by atoms with Crippen LogP contribution in [-0.2, 0) is 55.8 Å². The Kier molecular flexibility index (Phi) is 23.8. The summed E-state index contributed by atoms with van der Waals surface area (Å²) in [5.41, 5.74) is 0.477. The summed E-state index contributed by atoms with van der Waals surface area (Å²) in [4.78, 5) is 68.7. The average molecular weight is 1200 g/mol. The van der Waals surface area contributed by atoms with Gasteiger partial charge in [0.1, 0.15) is 62.0 Å². The normalized spacial score (nSPS) is 22.4. The number of fused-ring (bicyclic) bond motifs is 1. The van der Waals surface area contributed by atoms with Crippen molar-refractivity contribution >= 4 is 35.5 Å². The maximum atomic E-state index is 12.3. The molecule has 464 valence electrons. The van der Waals surface area contributed by atoms with Crippen molar-refractivity contribution in [3.05, 3.63) is 119 Å². The monoisotopic (exact) mass is 1200 g/mol. The molecule has 0 aromatic heterocycles. The lowest BCUT2D eigenvalue weighted by Crippen LogP contribution is -2.30. The van der Waals surface area contributed by atoms with Crippen LogP contribution in [0, 0.1) is 30.3 Å². The second kappa shape index (κ2) is 30.8. The van der Waals surface area contributed by atoms with E-state index in [0.29, 0.717) is 25.0 Å². The van der Waals surface area contributed by atoms with E-state index in [9.17, 15) is 60.0 Å². The van der Waals surface area contributed by atoms with Gasteiger partial charge < -0.3 is 86.4 Å². The average Bonchev–Trinajstić information content (AvgIpc) is 4.32. The summed E-state index contributed by atoms with van der Waals surface area (Å²) in [6.45, 7) is 7.28. The Morgan fingerprint density at radius 1 is 0.553 bits per heavy atom. The van der Waals surface area contributed by atoms with Gasteiger partial charge in [0.2, 0.25) is 6.79 Å². The predicted octanol–water partition coefficient (Wildman–Crippen LogP) is 7.81. The van der Waals surface area contributed by atoms with E-state index in [2.05, 4.69) is 0 Å². The maximum Gasteiger partial charge on any atom is 0.509 e. The highest BCUT2D eigenvalue weighted by atomic mass is 16.8. The fraction of sp³-hybridized carbons (Fsp3) is 0.509. The summed E-state index contributed by atoms with van der Waals surface area (Å²) in [7, 11) is 4.16. The molecule has 0 aliphatic carbocycles. The van der Waals surface area contributed by atoms with Crippen molar-refractivity contribution in [3.8, 4) is 34.5 Å². The summed E-state index contributed by atoms with van der Waals surface area (Å²) in [5, 5.41) is 62.1. The number of hydrogen-bond donors (Lipinski definition) is 3. The highest BCUT2D eigenvalue weighted by Crippen LogP contribution is 2.42. The Morgan fingerprint density at radius 3 is 1.42 bits per heavy atom. The Labute approximate surface area is 485 Å². The number of ether oxygens (including phenoxy) is 15. The number of benzene rings is 4. The zero-order valence-corrected chi connectivity index (χ0v) is 47.5. The highest BCUT2D eigenvalue weighted by Gasteiger charge is 2.39. The van der Waals surface area contributed by atoms with E-state index < -0.39 is 82.1 Å². The number of nitrogens with zero attached hydrogens (tertiary/aromatic N) is 3. The molecule has 11 atom stereocenters. The molecule has 0 saturated carbocycles. The van der Waals surface area contributed by atoms with E-state index in [1.54, 1.807) is 20.8 Å². The minimum absolute atomic E-state index is 0.0321. The van der Waals surface area contributed by atoms with Gasteiger partial charge in [-0.3, -0.25) is 30.3 Å². The lowest BCUT2D eigenvalue weighted by molar-refractivity contribution is -0.386. The lowest BCUT2D eigenvalue weighted by atomic mass is 10.1. The lowest BCUT2D eigenvalue weighted by Gasteiger charge is -2.20. The second-order valence-corrected chi connectivity index (χ2v) is 19.4. The van der Waals surface area contributed by atoms with Gasteiger partial charge in [0.15, 0.2) is 34.5 Å². The molecule has 0 radical (unpaired) electrons. The molecule has 4 aromatic rings. The zero-order chi connectivity index (χ0) is 62.1. The van der Waals surface area contributed by atoms with Gasteiger partial charge in [-0.05, 0) is 58.4 Å². The molecule has 4 aliphatic rings. The quantitative estimate of drug-likeness (QED) is 0.0310. The minimum atomic E-state index is -1.01. The molecule has 0 bridgehead atoms. The first-order valence-electron chi connectivity index (χ1n) is 26.5. The Morgan fingerprint density at radius 2 is 0.965 bits per heavy atom. The van der Waals surface area contributed by atoms with Gasteiger partial charge in [0.25, 0.3) is 17.1 Å². The van der Waals surface area contributed by atoms with E-state index in [-0.39, 0.29) is 121 Å². The molecule has 30 heteroatoms. The third-order valence-electron chi connectivity index (χ3n) is 13.5. The van der Waals surface area contributed by atoms with Crippen molar-refractivity contribution in [3.63, 3.8) is 0 Å². The van der Waals surface area contributed by atoms with Crippen molar-refractivity contribution in [2.75, 3.05) is 47.9 Å². The topological polar surface area (TPSA) is 380 Å². The number of aliphatic hydroxyl groups excluding tert-OH is 3. The molecule has 0 amide bonds. The number of nitro groups is 3. The number of rotatable bonds is 21. The van der Waals surface area contributed by atoms with E-state index in [4.69, 9.17) is 71.1 Å². The first kappa shape index (κ1) is 65.6. The standard InChI is InChI=1S/C23H27NO9.C16H19NO9.C16H21NO9/c1-14-9-21(22(12-25)31-14)33-23(26)32-15(2)17-10-19(29-3)20(11-18(17)24(27)28)30-13-16-7-5-4-6-8-16;1-8-3-14(15(6-18)24-8)26-16(19)25-9(2)10-4-12-13(23-7-22-12)5-11(10)17(20)21;1-9-4-14(15(7-18)25-9)26-16(19)24-8-10-5-12(22-2)13(23-3)6-11(10)17(20)21/h4-8,10-11,14-15,21-22,25H,9,12-13H2,1-3H3;4-5,8-9,14-15,18H,3,6-7H2,1-2H3;5-6,9,14-15,18H,4,7-8H2,1-3H3. The zero-order valence-electron chi connectivity index (χ0n) is 47.5. The summed E-state index contributed by atoms with van der Waals surface area (Å²) < 4.78 is 78.9. The fourth-order valence-electron chi connectivity index (χ4n) is 9.31. The number of carbonyl (C=O) groups is 3. The first-order valence-corrected chi connectivity index (χ1v) is 26.5. The van der Waals surface area contributed by atoms with E-state index >= 15 is 0 Å². The van der Waals surface area contributed by atoms with Crippen LogP contribution in [-0.4, -0.2) is 151 Å². The van der Waals surface area contributed by atoms with Gasteiger partial charge >= 0.3 is 18.5 Å². The molecule has 0 spiro atoms. The number of aliphatic hydroxyl groups is 3. The second-order valence-electron chi connectivity index (χ2n) is 19.4. The van der Waals surface area contributed by atoms with Crippen LogP contribution in [0.1, 0.15) is 88.3 Å². The molecule has 4 heterocycles. The minimum Gasteiger partial charge on any atom is -0.493 e. The van der Waals surface area contributed by atoms with Crippen molar-refractivity contribution < 1.29 is 116 Å². The molecular formula is C55H67N3O27. The van der Waals surface area contributed by atoms with Crippen molar-refractivity contribution in [2.45, 2.75) is 134 Å². The predicted molar refractivity (Wildman–Crippen MR) is 289 cm³/mol. The van der Waals surface area contributed by atoms with Gasteiger partial charge in [-0.1, -0.05) is 30.3 Å². The fourth-order valence-corrected chi connectivity index (χ4v) is 9.31. The van der Waals surface area contributed by atoms with Gasteiger partial charge in [-0.25, -0.2) is 14.4 Å². The van der Waals surface area contributed by atoms with Crippen LogP contribution in [0.5, 0.6) is 34.5 Å². The Balaban J connectivity index is 0.000000206. The molecule has 3 fully saturated rings. The summed E-state index contributed by atoms with van der Waals surface area (Å²) in [6.07, 6.45) is -8.01. The van der Waals surface area contributed by atoms with Crippen molar-refractivity contribution in [1.82, 2.24) is 0 Å². The molecule has 4 aromatic carbocycles. The molecule has 3 N–H and O–H groups in total. The van der Waals surface area contributed by atoms with Crippen LogP contribution in [0.4, 0.5) is 31.4 Å². The maximum absolute atomic E-state index is 12.3. The number of hydrogen-bond acceptors (Lipinski definition) is 27. The molecule has 85 heavy (non-hydrogen) atoms. The van der Waals surface area contributed by atoms with E-state index in [1.807, 2.05) is 30.3 Å². The number of nitro benzene ring substituents is 3. The highest BCUT2D eigenvalue weighted by molar-refractivity contribution is 5.64. The van der Waals surface area contributed by atoms with Crippen LogP contribution in [0.25, 0.3) is 0 Å². The van der Waals surface area contributed by atoms with E-state index in [0.717, 1.165) is 5.56 Å². The van der Waals surface area contributed by atoms with Crippen LogP contribution in [0.2, 0.25) is 0 Å². The molecule has 11 unspecified atom stereocenters. The van der Waals surface area contributed by atoms with Crippen LogP contribution < -0.4 is 28.4 Å². The van der Waals surface area contributed by atoms with Crippen LogP contribution in [0.3, 0.4) is 0 Å². The van der Waals surface area contributed by atoms with Crippen LogP contribution in [0.15, 0.2) is 66.7 Å². The number of methoxy groups -OCH3 is 3. The van der Waals surface area contributed by atoms with Crippen molar-refractivity contribution in [2.24, 2.45) is 0 Å². The van der Waals surface area contributed by atoms with Crippen molar-refractivity contribution in [1.29, 1.82) is 0 Å². The molecule has 3 saturated heterocycles. The van der Waals surface area contributed by atoms with Gasteiger partial charge in [0, 0.05) is 19.3 Å². The van der Waals surface area contributed by atoms with Gasteiger partial charge in [-0.2, -0.15) is 0 Å². The van der Waals surface area contributed by atoms with Gasteiger partial charge in [-0.15, -0.1) is 0 Å².